The first kappa shape index (κ1) is 15.6. The molecular formula is C14H15ClINO3. The van der Waals surface area contributed by atoms with Crippen LogP contribution < -0.4 is 0 Å². The summed E-state index contributed by atoms with van der Waals surface area (Å²) in [6, 6.07) is 6.86. The summed E-state index contributed by atoms with van der Waals surface area (Å²) in [5, 5.41) is 9.40. The van der Waals surface area contributed by atoms with E-state index in [0.29, 0.717) is 25.3 Å². The average molecular weight is 408 g/mol. The van der Waals surface area contributed by atoms with Gasteiger partial charge in [0.05, 0.1) is 0 Å². The van der Waals surface area contributed by atoms with Gasteiger partial charge in [0, 0.05) is 28.8 Å². The summed E-state index contributed by atoms with van der Waals surface area (Å²) < 4.78 is 1.10. The van der Waals surface area contributed by atoms with Crippen molar-refractivity contribution in [3.05, 3.63) is 33.4 Å². The Morgan fingerprint density at radius 1 is 1.45 bits per heavy atom. The third-order valence-corrected chi connectivity index (χ3v) is 4.62. The van der Waals surface area contributed by atoms with Crippen molar-refractivity contribution < 1.29 is 14.7 Å². The first-order chi connectivity index (χ1) is 9.51. The topological polar surface area (TPSA) is 57.6 Å². The van der Waals surface area contributed by atoms with Gasteiger partial charge in [0.1, 0.15) is 6.04 Å². The minimum atomic E-state index is -0.966. The summed E-state index contributed by atoms with van der Waals surface area (Å²) >= 11 is 7.97. The molecule has 0 spiro atoms. The van der Waals surface area contributed by atoms with Gasteiger partial charge in [-0.2, -0.15) is 0 Å². The van der Waals surface area contributed by atoms with E-state index in [1.54, 1.807) is 0 Å². The fraction of sp³-hybridized carbons (Fsp3) is 0.429. The molecule has 0 aromatic heterocycles. The molecule has 1 saturated heterocycles. The first-order valence-electron chi connectivity index (χ1n) is 6.34. The zero-order valence-corrected chi connectivity index (χ0v) is 13.7. The number of carbonyl (C=O) groups is 2. The number of benzene rings is 1. The van der Waals surface area contributed by atoms with Crippen LogP contribution in [0.4, 0.5) is 0 Å². The lowest BCUT2D eigenvalue weighted by Crippen LogP contribution is -2.43. The molecule has 2 rings (SSSR count). The Kier molecular flexibility index (Phi) is 5.26. The molecule has 4 nitrogen and oxygen atoms in total. The van der Waals surface area contributed by atoms with Gasteiger partial charge in [-0.05, 0) is 46.2 Å². The minimum absolute atomic E-state index is 0.0581. The fourth-order valence-electron chi connectivity index (χ4n) is 2.39. The van der Waals surface area contributed by atoms with Crippen LogP contribution in [0.1, 0.15) is 12.0 Å². The van der Waals surface area contributed by atoms with Crippen LogP contribution in [-0.4, -0.2) is 40.3 Å². The number of rotatable bonds is 5. The Morgan fingerprint density at radius 2 is 2.10 bits per heavy atom. The van der Waals surface area contributed by atoms with Crippen LogP contribution in [0.15, 0.2) is 24.3 Å². The number of halogens is 2. The van der Waals surface area contributed by atoms with E-state index in [4.69, 9.17) is 11.6 Å². The molecule has 1 aliphatic heterocycles. The van der Waals surface area contributed by atoms with Gasteiger partial charge in [0.2, 0.25) is 5.91 Å². The summed E-state index contributed by atoms with van der Waals surface area (Å²) in [6.07, 6.45) is 0.674. The zero-order valence-electron chi connectivity index (χ0n) is 10.8. The van der Waals surface area contributed by atoms with E-state index in [-0.39, 0.29) is 11.8 Å². The van der Waals surface area contributed by atoms with Crippen LogP contribution in [0, 0.1) is 9.49 Å². The Bertz CT molecular complexity index is 506. The highest BCUT2D eigenvalue weighted by molar-refractivity contribution is 14.1. The molecule has 0 bridgehead atoms. The number of alkyl halides is 1. The molecule has 1 aromatic rings. The van der Waals surface area contributed by atoms with Gasteiger partial charge >= 0.3 is 5.97 Å². The van der Waals surface area contributed by atoms with Crippen molar-refractivity contribution >= 4 is 46.1 Å². The number of hydrogen-bond acceptors (Lipinski definition) is 2. The molecule has 0 radical (unpaired) electrons. The van der Waals surface area contributed by atoms with Gasteiger partial charge in [0.15, 0.2) is 0 Å². The number of likely N-dealkylation sites (tertiary alicyclic amines) is 1. The molecule has 6 heteroatoms. The molecule has 108 valence electrons. The van der Waals surface area contributed by atoms with Crippen LogP contribution in [0.2, 0.25) is 0 Å². The monoisotopic (exact) mass is 407 g/mol. The third-order valence-electron chi connectivity index (χ3n) is 3.46. The predicted molar refractivity (Wildman–Crippen MR) is 84.8 cm³/mol. The van der Waals surface area contributed by atoms with E-state index >= 15 is 0 Å². The summed E-state index contributed by atoms with van der Waals surface area (Å²) in [6.45, 7) is 0.434. The molecule has 1 aromatic carbocycles. The Balaban J connectivity index is 2.13. The van der Waals surface area contributed by atoms with Crippen molar-refractivity contribution in [3.8, 4) is 0 Å². The minimum Gasteiger partial charge on any atom is -0.480 e. The number of carbonyl (C=O) groups excluding carboxylic acids is 1. The van der Waals surface area contributed by atoms with E-state index in [1.807, 2.05) is 24.3 Å². The van der Waals surface area contributed by atoms with Gasteiger partial charge in [0.25, 0.3) is 0 Å². The Labute approximate surface area is 136 Å². The van der Waals surface area contributed by atoms with E-state index < -0.39 is 12.0 Å². The van der Waals surface area contributed by atoms with Gasteiger partial charge in [-0.25, -0.2) is 4.79 Å². The van der Waals surface area contributed by atoms with Crippen molar-refractivity contribution in [2.75, 3.05) is 12.4 Å². The molecule has 2 atom stereocenters. The quantitative estimate of drug-likeness (QED) is 0.602. The second kappa shape index (κ2) is 6.76. The van der Waals surface area contributed by atoms with Crippen molar-refractivity contribution in [1.82, 2.24) is 4.90 Å². The van der Waals surface area contributed by atoms with Crippen LogP contribution in [0.3, 0.4) is 0 Å². The van der Waals surface area contributed by atoms with Crippen molar-refractivity contribution in [2.24, 2.45) is 5.92 Å². The summed E-state index contributed by atoms with van der Waals surface area (Å²) in [5.41, 5.74) is 0.917. The SMILES string of the molecule is O=C(O)C(Cc1ccc(I)cc1)N1CC(CCl)CC1=O. The molecule has 1 heterocycles. The van der Waals surface area contributed by atoms with Crippen molar-refractivity contribution in [2.45, 2.75) is 18.9 Å². The molecule has 1 aliphatic rings. The standard InChI is InChI=1S/C14H15ClINO3/c15-7-10-6-13(18)17(8-10)12(14(19)20)5-9-1-3-11(16)4-2-9/h1-4,10,12H,5-8H2,(H,19,20). The van der Waals surface area contributed by atoms with Crippen LogP contribution in [-0.2, 0) is 16.0 Å². The molecule has 20 heavy (non-hydrogen) atoms. The normalized spacial score (nSPS) is 20.2. The predicted octanol–water partition coefficient (Wildman–Crippen LogP) is 2.37. The Morgan fingerprint density at radius 3 is 2.60 bits per heavy atom. The van der Waals surface area contributed by atoms with Gasteiger partial charge in [-0.1, -0.05) is 12.1 Å². The van der Waals surface area contributed by atoms with E-state index in [2.05, 4.69) is 22.6 Å². The number of nitrogens with zero attached hydrogens (tertiary/aromatic N) is 1. The maximum absolute atomic E-state index is 11.9. The van der Waals surface area contributed by atoms with Gasteiger partial charge in [-0.3, -0.25) is 4.79 Å². The number of carboxylic acids is 1. The molecule has 1 fully saturated rings. The second-order valence-corrected chi connectivity index (χ2v) is 6.51. The maximum Gasteiger partial charge on any atom is 0.326 e. The highest BCUT2D eigenvalue weighted by atomic mass is 127. The average Bonchev–Trinajstić information content (AvgIpc) is 2.79. The molecule has 1 N–H and O–H groups in total. The summed E-state index contributed by atoms with van der Waals surface area (Å²) in [7, 11) is 0. The first-order valence-corrected chi connectivity index (χ1v) is 7.95. The highest BCUT2D eigenvalue weighted by Crippen LogP contribution is 2.23. The van der Waals surface area contributed by atoms with Gasteiger partial charge < -0.3 is 10.0 Å². The maximum atomic E-state index is 11.9. The highest BCUT2D eigenvalue weighted by Gasteiger charge is 2.37. The third kappa shape index (κ3) is 3.63. The zero-order chi connectivity index (χ0) is 14.7. The number of aliphatic carboxylic acids is 1. The van der Waals surface area contributed by atoms with Gasteiger partial charge in [-0.15, -0.1) is 11.6 Å². The molecule has 0 aliphatic carbocycles. The van der Waals surface area contributed by atoms with E-state index in [1.165, 1.54) is 4.90 Å². The fourth-order valence-corrected chi connectivity index (χ4v) is 2.95. The molecule has 0 saturated carbocycles. The summed E-state index contributed by atoms with van der Waals surface area (Å²) in [5.74, 6) is -0.638. The molecule has 1 amide bonds. The van der Waals surface area contributed by atoms with Crippen LogP contribution in [0.25, 0.3) is 0 Å². The number of carboxylic acid groups (broad SMARTS) is 1. The van der Waals surface area contributed by atoms with E-state index in [9.17, 15) is 14.7 Å². The van der Waals surface area contributed by atoms with E-state index in [0.717, 1.165) is 9.13 Å². The largest absolute Gasteiger partial charge is 0.480 e. The second-order valence-electron chi connectivity index (χ2n) is 4.96. The lowest BCUT2D eigenvalue weighted by atomic mass is 10.0. The van der Waals surface area contributed by atoms with Crippen molar-refractivity contribution in [1.29, 1.82) is 0 Å². The number of hydrogen-bond donors (Lipinski definition) is 1. The number of amides is 1. The Hall–Kier alpha value is -0.820. The van der Waals surface area contributed by atoms with Crippen LogP contribution >= 0.6 is 34.2 Å². The lowest BCUT2D eigenvalue weighted by Gasteiger charge is -2.24. The molecular weight excluding hydrogens is 393 g/mol. The smallest absolute Gasteiger partial charge is 0.326 e. The van der Waals surface area contributed by atoms with Crippen LogP contribution in [0.5, 0.6) is 0 Å². The molecule has 2 unspecified atom stereocenters. The van der Waals surface area contributed by atoms with Crippen molar-refractivity contribution in [3.63, 3.8) is 0 Å². The lowest BCUT2D eigenvalue weighted by molar-refractivity contribution is -0.148. The summed E-state index contributed by atoms with van der Waals surface area (Å²) in [4.78, 5) is 24.9.